The van der Waals surface area contributed by atoms with Crippen LogP contribution in [0.2, 0.25) is 0 Å². The third kappa shape index (κ3) is 5.15. The first-order valence-corrected chi connectivity index (χ1v) is 8.92. The minimum absolute atomic E-state index is 0. The lowest BCUT2D eigenvalue weighted by molar-refractivity contribution is 0.0621. The van der Waals surface area contributed by atoms with Gasteiger partial charge in [-0.05, 0) is 30.7 Å². The Labute approximate surface area is 173 Å². The molecule has 1 amide bonds. The fourth-order valence-corrected chi connectivity index (χ4v) is 3.37. The lowest BCUT2D eigenvalue weighted by Crippen LogP contribution is -2.49. The zero-order valence-electron chi connectivity index (χ0n) is 16.1. The van der Waals surface area contributed by atoms with Crippen molar-refractivity contribution in [3.8, 4) is 0 Å². The molecular weight excluding hydrogens is 385 g/mol. The Morgan fingerprint density at radius 1 is 1.30 bits per heavy atom. The molecule has 1 fully saturated rings. The van der Waals surface area contributed by atoms with E-state index in [4.69, 9.17) is 0 Å². The van der Waals surface area contributed by atoms with Gasteiger partial charge in [-0.25, -0.2) is 4.98 Å². The highest BCUT2D eigenvalue weighted by atomic mass is 35.5. The Morgan fingerprint density at radius 2 is 2.00 bits per heavy atom. The minimum atomic E-state index is -0.0382. The van der Waals surface area contributed by atoms with E-state index in [-0.39, 0.29) is 36.8 Å². The molecule has 1 unspecified atom stereocenters. The van der Waals surface area contributed by atoms with E-state index >= 15 is 0 Å². The Bertz CT molecular complexity index is 719. The van der Waals surface area contributed by atoms with Crippen LogP contribution in [0.1, 0.15) is 35.6 Å². The molecule has 3 rings (SSSR count). The number of hydrogen-bond acceptors (Lipinski definition) is 4. The van der Waals surface area contributed by atoms with Crippen molar-refractivity contribution in [1.29, 1.82) is 0 Å². The largest absolute Gasteiger partial charge is 0.375 e. The molecule has 2 aromatic rings. The molecular formula is C19H29Cl2N5O. The van der Waals surface area contributed by atoms with Gasteiger partial charge in [0.15, 0.2) is 0 Å². The van der Waals surface area contributed by atoms with Crippen molar-refractivity contribution in [3.63, 3.8) is 0 Å². The van der Waals surface area contributed by atoms with Crippen LogP contribution in [0.25, 0.3) is 0 Å². The molecule has 1 atom stereocenters. The van der Waals surface area contributed by atoms with Crippen LogP contribution in [0.5, 0.6) is 0 Å². The van der Waals surface area contributed by atoms with Crippen molar-refractivity contribution in [1.82, 2.24) is 19.8 Å². The molecule has 6 nitrogen and oxygen atoms in total. The van der Waals surface area contributed by atoms with Crippen LogP contribution in [0.15, 0.2) is 36.7 Å². The summed E-state index contributed by atoms with van der Waals surface area (Å²) in [5.74, 6) is 0.985. The number of carbonyl (C=O) groups is 1. The topological polar surface area (TPSA) is 53.4 Å². The van der Waals surface area contributed by atoms with Crippen LogP contribution in [0, 0.1) is 0 Å². The second-order valence-electron chi connectivity index (χ2n) is 6.58. The molecule has 0 aliphatic carbocycles. The zero-order chi connectivity index (χ0) is 17.8. The molecule has 0 spiro atoms. The smallest absolute Gasteiger partial charge is 0.254 e. The van der Waals surface area contributed by atoms with Gasteiger partial charge >= 0.3 is 0 Å². The molecule has 0 bridgehead atoms. The number of aromatic nitrogens is 2. The summed E-state index contributed by atoms with van der Waals surface area (Å²) in [5, 5.41) is 3.37. The van der Waals surface area contributed by atoms with E-state index in [1.165, 1.54) is 0 Å². The number of aryl methyl sites for hydroxylation is 1. The molecule has 1 aliphatic rings. The Balaban J connectivity index is 0.00000182. The summed E-state index contributed by atoms with van der Waals surface area (Å²) in [7, 11) is 4.05. The maximum Gasteiger partial charge on any atom is 0.254 e. The molecule has 1 aromatic carbocycles. The summed E-state index contributed by atoms with van der Waals surface area (Å²) in [6.07, 6.45) is 4.80. The quantitative estimate of drug-likeness (QED) is 0.818. The maximum absolute atomic E-state index is 13.1. The van der Waals surface area contributed by atoms with E-state index in [0.717, 1.165) is 43.1 Å². The third-order valence-corrected chi connectivity index (χ3v) is 4.77. The van der Waals surface area contributed by atoms with Gasteiger partial charge in [-0.3, -0.25) is 4.79 Å². The van der Waals surface area contributed by atoms with Crippen molar-refractivity contribution in [3.05, 3.63) is 48.0 Å². The molecule has 8 heteroatoms. The lowest BCUT2D eigenvalue weighted by atomic mass is 10.1. The second-order valence-corrected chi connectivity index (χ2v) is 6.58. The van der Waals surface area contributed by atoms with E-state index < -0.39 is 0 Å². The van der Waals surface area contributed by atoms with Gasteiger partial charge in [0.05, 0.1) is 0 Å². The Hall–Kier alpha value is -1.76. The number of piperazine rings is 1. The van der Waals surface area contributed by atoms with Crippen molar-refractivity contribution >= 4 is 36.4 Å². The van der Waals surface area contributed by atoms with Gasteiger partial charge in [0.25, 0.3) is 5.91 Å². The van der Waals surface area contributed by atoms with Gasteiger partial charge < -0.3 is 19.7 Å². The summed E-state index contributed by atoms with van der Waals surface area (Å²) in [6, 6.07) is 7.88. The van der Waals surface area contributed by atoms with Crippen molar-refractivity contribution in [2.45, 2.75) is 19.4 Å². The number of anilines is 1. The first-order valence-electron chi connectivity index (χ1n) is 8.92. The van der Waals surface area contributed by atoms with Gasteiger partial charge in [-0.2, -0.15) is 0 Å². The second kappa shape index (κ2) is 10.5. The number of hydrogen-bond donors (Lipinski definition) is 1. The van der Waals surface area contributed by atoms with Crippen LogP contribution in [0.3, 0.4) is 0 Å². The number of rotatable bonds is 5. The average molecular weight is 414 g/mol. The molecule has 150 valence electrons. The fourth-order valence-electron chi connectivity index (χ4n) is 3.37. The normalized spacial score (nSPS) is 16.3. The number of carbonyl (C=O) groups excluding carboxylic acids is 1. The Morgan fingerprint density at radius 3 is 2.59 bits per heavy atom. The van der Waals surface area contributed by atoms with E-state index in [2.05, 4.69) is 29.2 Å². The highest BCUT2D eigenvalue weighted by molar-refractivity contribution is 5.95. The molecule has 27 heavy (non-hydrogen) atoms. The molecule has 1 N–H and O–H groups in total. The van der Waals surface area contributed by atoms with E-state index in [0.29, 0.717) is 6.54 Å². The molecule has 2 heterocycles. The number of halogens is 2. The van der Waals surface area contributed by atoms with E-state index in [1.807, 2.05) is 47.0 Å². The predicted molar refractivity (Wildman–Crippen MR) is 114 cm³/mol. The van der Waals surface area contributed by atoms with Gasteiger partial charge in [0, 0.05) is 63.9 Å². The first-order chi connectivity index (χ1) is 12.1. The summed E-state index contributed by atoms with van der Waals surface area (Å²) in [5.41, 5.74) is 1.87. The summed E-state index contributed by atoms with van der Waals surface area (Å²) < 4.78 is 1.99. The summed E-state index contributed by atoms with van der Waals surface area (Å²) in [6.45, 7) is 5.40. The van der Waals surface area contributed by atoms with Crippen molar-refractivity contribution in [2.24, 2.45) is 7.05 Å². The Kier molecular flexibility index (Phi) is 9.09. The number of nitrogens with zero attached hydrogens (tertiary/aromatic N) is 4. The van der Waals surface area contributed by atoms with E-state index in [1.54, 1.807) is 6.20 Å². The predicted octanol–water partition coefficient (Wildman–Crippen LogP) is 2.90. The SMILES string of the molecule is CCCN(C)c1ccc(C(=O)N2CCNCC2c2nccn2C)cc1.Cl.Cl. The van der Waals surface area contributed by atoms with Gasteiger partial charge in [0.1, 0.15) is 11.9 Å². The molecule has 1 aliphatic heterocycles. The molecule has 1 aromatic heterocycles. The minimum Gasteiger partial charge on any atom is -0.375 e. The number of amides is 1. The van der Waals surface area contributed by atoms with Crippen LogP contribution in [0.4, 0.5) is 5.69 Å². The maximum atomic E-state index is 13.1. The van der Waals surface area contributed by atoms with E-state index in [9.17, 15) is 4.79 Å². The highest BCUT2D eigenvalue weighted by Gasteiger charge is 2.30. The standard InChI is InChI=1S/C19H27N5O.2ClH/c1-4-11-22(2)16-7-5-15(6-8-16)19(25)24-13-9-20-14-17(24)18-21-10-12-23(18)3;;/h5-8,10,12,17,20H,4,9,11,13-14H2,1-3H3;2*1H. The first kappa shape index (κ1) is 23.3. The monoisotopic (exact) mass is 413 g/mol. The van der Waals surface area contributed by atoms with Crippen molar-refractivity contribution < 1.29 is 4.79 Å². The molecule has 0 saturated carbocycles. The molecule has 1 saturated heterocycles. The summed E-state index contributed by atoms with van der Waals surface area (Å²) >= 11 is 0. The lowest BCUT2D eigenvalue weighted by Gasteiger charge is -2.35. The third-order valence-electron chi connectivity index (χ3n) is 4.77. The summed E-state index contributed by atoms with van der Waals surface area (Å²) in [4.78, 5) is 21.7. The van der Waals surface area contributed by atoms with Crippen LogP contribution in [-0.4, -0.2) is 53.6 Å². The van der Waals surface area contributed by atoms with Gasteiger partial charge in [-0.1, -0.05) is 6.92 Å². The van der Waals surface area contributed by atoms with Crippen molar-refractivity contribution in [2.75, 3.05) is 38.1 Å². The van der Waals surface area contributed by atoms with Crippen LogP contribution in [-0.2, 0) is 7.05 Å². The zero-order valence-corrected chi connectivity index (χ0v) is 17.7. The number of imidazole rings is 1. The number of nitrogens with one attached hydrogen (secondary N) is 1. The highest BCUT2D eigenvalue weighted by Crippen LogP contribution is 2.23. The average Bonchev–Trinajstić information content (AvgIpc) is 3.07. The van der Waals surface area contributed by atoms with Gasteiger partial charge in [-0.15, -0.1) is 24.8 Å². The van der Waals surface area contributed by atoms with Crippen LogP contribution < -0.4 is 10.2 Å². The molecule has 0 radical (unpaired) electrons. The van der Waals surface area contributed by atoms with Gasteiger partial charge in [0.2, 0.25) is 0 Å². The fraction of sp³-hybridized carbons (Fsp3) is 0.474. The van der Waals surface area contributed by atoms with Crippen LogP contribution >= 0.6 is 24.8 Å². The number of benzene rings is 1.